The number of nitrogens with zero attached hydrogens (tertiary/aromatic N) is 1. The van der Waals surface area contributed by atoms with Crippen molar-refractivity contribution in [1.29, 1.82) is 0 Å². The van der Waals surface area contributed by atoms with Crippen molar-refractivity contribution in [2.45, 2.75) is 0 Å². The molecule has 0 radical (unpaired) electrons. The van der Waals surface area contributed by atoms with Gasteiger partial charge in [0.1, 0.15) is 20.9 Å². The Morgan fingerprint density at radius 2 is 1.95 bits per heavy atom. The summed E-state index contributed by atoms with van der Waals surface area (Å²) < 4.78 is 6.35. The molecular formula is C13H12IN3O2. The van der Waals surface area contributed by atoms with Crippen LogP contribution in [0.1, 0.15) is 10.5 Å². The predicted octanol–water partition coefficient (Wildman–Crippen LogP) is 2.42. The number of hydrogen-bond donors (Lipinski definition) is 2. The molecule has 0 saturated heterocycles. The highest BCUT2D eigenvalue weighted by molar-refractivity contribution is 14.1. The predicted molar refractivity (Wildman–Crippen MR) is 81.3 cm³/mol. The van der Waals surface area contributed by atoms with Gasteiger partial charge in [-0.2, -0.15) is 0 Å². The maximum atomic E-state index is 11.6. The molecule has 0 aliphatic rings. The van der Waals surface area contributed by atoms with Crippen molar-refractivity contribution in [3.05, 3.63) is 45.8 Å². The standard InChI is InChI=1S/C13H12IN3O2/c1-16-13(18)11-6-10(7-12(14)17-11)19-9-4-2-8(15)3-5-9/h2-7H,15H2,1H3,(H,16,18). The van der Waals surface area contributed by atoms with Gasteiger partial charge in [0.25, 0.3) is 5.91 Å². The summed E-state index contributed by atoms with van der Waals surface area (Å²) in [5.41, 5.74) is 6.59. The third-order valence-electron chi connectivity index (χ3n) is 2.34. The summed E-state index contributed by atoms with van der Waals surface area (Å²) in [6, 6.07) is 10.4. The van der Waals surface area contributed by atoms with Crippen molar-refractivity contribution in [2.75, 3.05) is 12.8 Å². The molecule has 1 amide bonds. The van der Waals surface area contributed by atoms with Gasteiger partial charge in [0, 0.05) is 24.9 Å². The molecule has 98 valence electrons. The molecular weight excluding hydrogens is 357 g/mol. The SMILES string of the molecule is CNC(=O)c1cc(Oc2ccc(N)cc2)cc(I)n1. The molecule has 2 aromatic rings. The summed E-state index contributed by atoms with van der Waals surface area (Å²) in [6.45, 7) is 0. The minimum atomic E-state index is -0.249. The van der Waals surface area contributed by atoms with Gasteiger partial charge in [-0.05, 0) is 46.9 Å². The number of amides is 1. The largest absolute Gasteiger partial charge is 0.457 e. The van der Waals surface area contributed by atoms with Crippen LogP contribution in [0.5, 0.6) is 11.5 Å². The number of nitrogens with two attached hydrogens (primary N) is 1. The number of rotatable bonds is 3. The van der Waals surface area contributed by atoms with E-state index in [0.29, 0.717) is 26.6 Å². The lowest BCUT2D eigenvalue weighted by Gasteiger charge is -2.08. The number of halogens is 1. The quantitative estimate of drug-likeness (QED) is 0.495. The first-order valence-corrected chi connectivity index (χ1v) is 6.59. The molecule has 19 heavy (non-hydrogen) atoms. The molecule has 1 heterocycles. The van der Waals surface area contributed by atoms with Crippen LogP contribution in [0.4, 0.5) is 5.69 Å². The van der Waals surface area contributed by atoms with Crippen LogP contribution >= 0.6 is 22.6 Å². The Kier molecular flexibility index (Phi) is 4.20. The monoisotopic (exact) mass is 369 g/mol. The number of hydrogen-bond acceptors (Lipinski definition) is 4. The van der Waals surface area contributed by atoms with Gasteiger partial charge in [0.15, 0.2) is 0 Å². The Morgan fingerprint density at radius 3 is 2.58 bits per heavy atom. The van der Waals surface area contributed by atoms with Crippen molar-refractivity contribution in [2.24, 2.45) is 0 Å². The summed E-state index contributed by atoms with van der Waals surface area (Å²) in [5.74, 6) is 0.961. The molecule has 0 atom stereocenters. The van der Waals surface area contributed by atoms with Crippen molar-refractivity contribution in [3.8, 4) is 11.5 Å². The van der Waals surface area contributed by atoms with Gasteiger partial charge in [-0.25, -0.2) is 4.98 Å². The average Bonchev–Trinajstić information content (AvgIpc) is 2.40. The second kappa shape index (κ2) is 5.87. The van der Waals surface area contributed by atoms with E-state index in [9.17, 15) is 4.79 Å². The van der Waals surface area contributed by atoms with Crippen LogP contribution in [0.3, 0.4) is 0 Å². The van der Waals surface area contributed by atoms with Crippen LogP contribution in [0, 0.1) is 3.70 Å². The minimum absolute atomic E-state index is 0.249. The van der Waals surface area contributed by atoms with Crippen LogP contribution in [0.25, 0.3) is 0 Å². The van der Waals surface area contributed by atoms with Crippen LogP contribution in [-0.2, 0) is 0 Å². The van der Waals surface area contributed by atoms with Gasteiger partial charge in [-0.1, -0.05) is 0 Å². The summed E-state index contributed by atoms with van der Waals surface area (Å²) in [5, 5.41) is 2.53. The van der Waals surface area contributed by atoms with Gasteiger partial charge in [-0.3, -0.25) is 4.79 Å². The topological polar surface area (TPSA) is 77.2 Å². The van der Waals surface area contributed by atoms with Crippen molar-refractivity contribution < 1.29 is 9.53 Å². The molecule has 5 nitrogen and oxygen atoms in total. The second-order valence-electron chi connectivity index (χ2n) is 3.76. The fourth-order valence-electron chi connectivity index (χ4n) is 1.45. The highest BCUT2D eigenvalue weighted by Crippen LogP contribution is 2.24. The van der Waals surface area contributed by atoms with Crippen molar-refractivity contribution >= 4 is 34.2 Å². The third-order valence-corrected chi connectivity index (χ3v) is 2.90. The summed E-state index contributed by atoms with van der Waals surface area (Å²) in [4.78, 5) is 15.7. The Bertz CT molecular complexity index is 599. The lowest BCUT2D eigenvalue weighted by Crippen LogP contribution is -2.19. The van der Waals surface area contributed by atoms with E-state index in [1.54, 1.807) is 43.4 Å². The number of pyridine rings is 1. The number of benzene rings is 1. The highest BCUT2D eigenvalue weighted by Gasteiger charge is 2.09. The second-order valence-corrected chi connectivity index (χ2v) is 4.87. The number of anilines is 1. The van der Waals surface area contributed by atoms with Crippen LogP contribution in [0.2, 0.25) is 0 Å². The molecule has 0 saturated carbocycles. The van der Waals surface area contributed by atoms with Crippen LogP contribution in [0.15, 0.2) is 36.4 Å². The molecule has 1 aromatic heterocycles. The Hall–Kier alpha value is -1.83. The Morgan fingerprint density at radius 1 is 1.26 bits per heavy atom. The zero-order chi connectivity index (χ0) is 13.8. The zero-order valence-corrected chi connectivity index (χ0v) is 12.3. The van der Waals surface area contributed by atoms with E-state index in [-0.39, 0.29) is 5.91 Å². The zero-order valence-electron chi connectivity index (χ0n) is 10.2. The molecule has 0 bridgehead atoms. The number of carbonyl (C=O) groups is 1. The first kappa shape index (κ1) is 13.6. The van der Waals surface area contributed by atoms with E-state index in [4.69, 9.17) is 10.5 Å². The first-order valence-electron chi connectivity index (χ1n) is 5.51. The van der Waals surface area contributed by atoms with E-state index in [1.165, 1.54) is 0 Å². The molecule has 3 N–H and O–H groups in total. The Labute approximate surface area is 124 Å². The van der Waals surface area contributed by atoms with Crippen LogP contribution < -0.4 is 15.8 Å². The molecule has 6 heteroatoms. The molecule has 0 spiro atoms. The number of carbonyl (C=O) groups excluding carboxylic acids is 1. The fraction of sp³-hybridized carbons (Fsp3) is 0.0769. The van der Waals surface area contributed by atoms with Crippen LogP contribution in [-0.4, -0.2) is 17.9 Å². The summed E-state index contributed by atoms with van der Waals surface area (Å²) in [7, 11) is 1.56. The molecule has 0 aliphatic carbocycles. The van der Waals surface area contributed by atoms with E-state index in [0.717, 1.165) is 0 Å². The van der Waals surface area contributed by atoms with Gasteiger partial charge < -0.3 is 15.8 Å². The summed E-state index contributed by atoms with van der Waals surface area (Å²) >= 11 is 2.04. The maximum absolute atomic E-state index is 11.6. The molecule has 0 aliphatic heterocycles. The van der Waals surface area contributed by atoms with E-state index >= 15 is 0 Å². The van der Waals surface area contributed by atoms with Gasteiger partial charge >= 0.3 is 0 Å². The lowest BCUT2D eigenvalue weighted by atomic mass is 10.3. The number of nitrogens with one attached hydrogen (secondary N) is 1. The van der Waals surface area contributed by atoms with Gasteiger partial charge in [-0.15, -0.1) is 0 Å². The van der Waals surface area contributed by atoms with Gasteiger partial charge in [0.05, 0.1) is 0 Å². The van der Waals surface area contributed by atoms with Crippen molar-refractivity contribution in [1.82, 2.24) is 10.3 Å². The molecule has 0 fully saturated rings. The number of nitrogen functional groups attached to an aromatic ring is 1. The third kappa shape index (κ3) is 3.57. The number of aromatic nitrogens is 1. The van der Waals surface area contributed by atoms with Gasteiger partial charge in [0.2, 0.25) is 0 Å². The molecule has 0 unspecified atom stereocenters. The van der Waals surface area contributed by atoms with Crippen molar-refractivity contribution in [3.63, 3.8) is 0 Å². The average molecular weight is 369 g/mol. The highest BCUT2D eigenvalue weighted by atomic mass is 127. The number of ether oxygens (including phenoxy) is 1. The Balaban J connectivity index is 2.27. The van der Waals surface area contributed by atoms with E-state index < -0.39 is 0 Å². The first-order chi connectivity index (χ1) is 9.08. The molecule has 2 rings (SSSR count). The van der Waals surface area contributed by atoms with E-state index in [1.807, 2.05) is 22.6 Å². The normalized spacial score (nSPS) is 10.0. The summed E-state index contributed by atoms with van der Waals surface area (Å²) in [6.07, 6.45) is 0. The maximum Gasteiger partial charge on any atom is 0.269 e. The molecule has 1 aromatic carbocycles. The minimum Gasteiger partial charge on any atom is -0.457 e. The lowest BCUT2D eigenvalue weighted by molar-refractivity contribution is 0.0957. The van der Waals surface area contributed by atoms with E-state index in [2.05, 4.69) is 10.3 Å². The smallest absolute Gasteiger partial charge is 0.269 e. The fourth-order valence-corrected chi connectivity index (χ4v) is 2.02.